The highest BCUT2D eigenvalue weighted by atomic mass is 19.1. The van der Waals surface area contributed by atoms with Crippen LogP contribution in [0.1, 0.15) is 16.7 Å². The van der Waals surface area contributed by atoms with Crippen LogP contribution in [-0.4, -0.2) is 10.9 Å². The lowest BCUT2D eigenvalue weighted by Crippen LogP contribution is -2.24. The minimum atomic E-state index is -0.287. The van der Waals surface area contributed by atoms with Crippen LogP contribution < -0.4 is 5.32 Å². The van der Waals surface area contributed by atoms with Crippen molar-refractivity contribution in [3.05, 3.63) is 71.2 Å². The molecule has 2 N–H and O–H groups in total. The Balaban J connectivity index is 1.67. The maximum absolute atomic E-state index is 13.2. The highest BCUT2D eigenvalue weighted by molar-refractivity contribution is 5.88. The zero-order chi connectivity index (χ0) is 15.5. The zero-order valence-corrected chi connectivity index (χ0v) is 12.3. The second kappa shape index (κ2) is 6.02. The number of aromatic nitrogens is 1. The lowest BCUT2D eigenvalue weighted by atomic mass is 10.1. The molecule has 0 bridgehead atoms. The summed E-state index contributed by atoms with van der Waals surface area (Å²) in [4.78, 5) is 15.1. The van der Waals surface area contributed by atoms with Crippen LogP contribution in [-0.2, 0) is 17.8 Å². The smallest absolute Gasteiger partial charge is 0.224 e. The first-order valence-electron chi connectivity index (χ1n) is 7.20. The van der Waals surface area contributed by atoms with Gasteiger partial charge in [-0.15, -0.1) is 0 Å². The summed E-state index contributed by atoms with van der Waals surface area (Å²) < 4.78 is 13.2. The van der Waals surface area contributed by atoms with Gasteiger partial charge in [0.1, 0.15) is 5.82 Å². The number of H-pyrrole nitrogens is 1. The molecule has 0 radical (unpaired) electrons. The average Bonchev–Trinajstić information content (AvgIpc) is 2.88. The summed E-state index contributed by atoms with van der Waals surface area (Å²) in [5.74, 6) is -0.335. The highest BCUT2D eigenvalue weighted by Crippen LogP contribution is 2.19. The van der Waals surface area contributed by atoms with Crippen molar-refractivity contribution in [1.82, 2.24) is 10.3 Å². The molecule has 0 fully saturated rings. The van der Waals surface area contributed by atoms with Crippen LogP contribution in [0.25, 0.3) is 10.9 Å². The van der Waals surface area contributed by atoms with E-state index in [-0.39, 0.29) is 18.1 Å². The van der Waals surface area contributed by atoms with Gasteiger partial charge in [-0.2, -0.15) is 0 Å². The van der Waals surface area contributed by atoms with E-state index in [0.717, 1.165) is 22.1 Å². The van der Waals surface area contributed by atoms with E-state index in [1.54, 1.807) is 12.3 Å². The lowest BCUT2D eigenvalue weighted by Gasteiger charge is -2.07. The monoisotopic (exact) mass is 296 g/mol. The van der Waals surface area contributed by atoms with E-state index < -0.39 is 0 Å². The number of rotatable bonds is 4. The summed E-state index contributed by atoms with van der Waals surface area (Å²) >= 11 is 0. The predicted molar refractivity (Wildman–Crippen MR) is 85.0 cm³/mol. The second-order valence-electron chi connectivity index (χ2n) is 5.38. The molecule has 0 atom stereocenters. The third-order valence-corrected chi connectivity index (χ3v) is 3.82. The molecule has 0 saturated carbocycles. The molecule has 22 heavy (non-hydrogen) atoms. The van der Waals surface area contributed by atoms with Gasteiger partial charge < -0.3 is 10.3 Å². The first-order chi connectivity index (χ1) is 10.6. The van der Waals surface area contributed by atoms with Crippen LogP contribution in [0.15, 0.2) is 48.7 Å². The van der Waals surface area contributed by atoms with Gasteiger partial charge in [0.05, 0.1) is 6.42 Å². The van der Waals surface area contributed by atoms with Crippen LogP contribution in [0, 0.1) is 12.7 Å². The van der Waals surface area contributed by atoms with Gasteiger partial charge in [-0.05, 0) is 41.8 Å². The minimum absolute atomic E-state index is 0.0477. The molecule has 1 heterocycles. The van der Waals surface area contributed by atoms with Crippen molar-refractivity contribution >= 4 is 16.8 Å². The number of hydrogen-bond acceptors (Lipinski definition) is 1. The molecule has 0 unspecified atom stereocenters. The SMILES string of the molecule is Cc1ccccc1CNC(=O)Cc1c[nH]c2cc(F)ccc12. The van der Waals surface area contributed by atoms with Crippen molar-refractivity contribution in [2.75, 3.05) is 0 Å². The van der Waals surface area contributed by atoms with Crippen molar-refractivity contribution in [2.45, 2.75) is 19.9 Å². The number of aromatic amines is 1. The molecule has 3 nitrogen and oxygen atoms in total. The van der Waals surface area contributed by atoms with Crippen LogP contribution in [0.3, 0.4) is 0 Å². The van der Waals surface area contributed by atoms with Gasteiger partial charge in [0.25, 0.3) is 0 Å². The van der Waals surface area contributed by atoms with Crippen LogP contribution in [0.5, 0.6) is 0 Å². The highest BCUT2D eigenvalue weighted by Gasteiger charge is 2.09. The maximum Gasteiger partial charge on any atom is 0.224 e. The number of amides is 1. The number of benzene rings is 2. The van der Waals surface area contributed by atoms with E-state index in [1.807, 2.05) is 31.2 Å². The van der Waals surface area contributed by atoms with Gasteiger partial charge in [0.15, 0.2) is 0 Å². The summed E-state index contributed by atoms with van der Waals surface area (Å²) in [5.41, 5.74) is 3.85. The Labute approximate surface area is 128 Å². The number of nitrogens with one attached hydrogen (secondary N) is 2. The van der Waals surface area contributed by atoms with Crippen molar-refractivity contribution < 1.29 is 9.18 Å². The van der Waals surface area contributed by atoms with E-state index in [2.05, 4.69) is 10.3 Å². The molecule has 0 aliphatic carbocycles. The molecule has 3 aromatic rings. The van der Waals surface area contributed by atoms with Gasteiger partial charge in [-0.1, -0.05) is 24.3 Å². The number of carbonyl (C=O) groups excluding carboxylic acids is 1. The zero-order valence-electron chi connectivity index (χ0n) is 12.3. The Hall–Kier alpha value is -2.62. The Bertz CT molecular complexity index is 823. The second-order valence-corrected chi connectivity index (χ2v) is 5.38. The largest absolute Gasteiger partial charge is 0.361 e. The van der Waals surface area contributed by atoms with Gasteiger partial charge in [-0.3, -0.25) is 4.79 Å². The molecule has 1 aromatic heterocycles. The standard InChI is InChI=1S/C18H17FN2O/c1-12-4-2-3-5-13(12)10-21-18(22)8-14-11-20-17-9-15(19)6-7-16(14)17/h2-7,9,11,20H,8,10H2,1H3,(H,21,22). The molecule has 112 valence electrons. The molecule has 3 rings (SSSR count). The predicted octanol–water partition coefficient (Wildman–Crippen LogP) is 3.47. The molecule has 1 amide bonds. The minimum Gasteiger partial charge on any atom is -0.361 e. The lowest BCUT2D eigenvalue weighted by molar-refractivity contribution is -0.120. The number of carbonyl (C=O) groups is 1. The van der Waals surface area contributed by atoms with Crippen molar-refractivity contribution in [2.24, 2.45) is 0 Å². The summed E-state index contributed by atoms with van der Waals surface area (Å²) in [6.07, 6.45) is 2.04. The van der Waals surface area contributed by atoms with Crippen molar-refractivity contribution in [1.29, 1.82) is 0 Å². The third kappa shape index (κ3) is 3.01. The van der Waals surface area contributed by atoms with Crippen LogP contribution >= 0.6 is 0 Å². The molecule has 0 aliphatic rings. The van der Waals surface area contributed by atoms with E-state index in [1.165, 1.54) is 12.1 Å². The van der Waals surface area contributed by atoms with Gasteiger partial charge in [0.2, 0.25) is 5.91 Å². The molecule has 0 spiro atoms. The summed E-state index contributed by atoms with van der Waals surface area (Å²) in [7, 11) is 0. The third-order valence-electron chi connectivity index (χ3n) is 3.82. The topological polar surface area (TPSA) is 44.9 Å². The van der Waals surface area contributed by atoms with Crippen molar-refractivity contribution in [3.8, 4) is 0 Å². The van der Waals surface area contributed by atoms with E-state index >= 15 is 0 Å². The van der Waals surface area contributed by atoms with Crippen LogP contribution in [0.2, 0.25) is 0 Å². The average molecular weight is 296 g/mol. The molecule has 4 heteroatoms. The molecule has 2 aromatic carbocycles. The normalized spacial score (nSPS) is 10.8. The fourth-order valence-corrected chi connectivity index (χ4v) is 2.54. The number of halogens is 1. The molecular formula is C18H17FN2O. The summed E-state index contributed by atoms with van der Waals surface area (Å²) in [6, 6.07) is 12.5. The van der Waals surface area contributed by atoms with Crippen molar-refractivity contribution in [3.63, 3.8) is 0 Å². The summed E-state index contributed by atoms with van der Waals surface area (Å²) in [5, 5.41) is 3.81. The summed E-state index contributed by atoms with van der Waals surface area (Å²) in [6.45, 7) is 2.54. The number of aryl methyl sites for hydroxylation is 1. The maximum atomic E-state index is 13.2. The van der Waals surface area contributed by atoms with Gasteiger partial charge in [0, 0.05) is 23.6 Å². The quantitative estimate of drug-likeness (QED) is 0.760. The molecule has 0 saturated heterocycles. The van der Waals surface area contributed by atoms with E-state index in [0.29, 0.717) is 12.1 Å². The van der Waals surface area contributed by atoms with Crippen LogP contribution in [0.4, 0.5) is 4.39 Å². The molecular weight excluding hydrogens is 279 g/mol. The van der Waals surface area contributed by atoms with E-state index in [9.17, 15) is 9.18 Å². The Morgan fingerprint density at radius 2 is 2.00 bits per heavy atom. The first-order valence-corrected chi connectivity index (χ1v) is 7.20. The molecule has 0 aliphatic heterocycles. The number of fused-ring (bicyclic) bond motifs is 1. The fourth-order valence-electron chi connectivity index (χ4n) is 2.54. The van der Waals surface area contributed by atoms with E-state index in [4.69, 9.17) is 0 Å². The number of hydrogen-bond donors (Lipinski definition) is 2. The van der Waals surface area contributed by atoms with Gasteiger partial charge in [-0.25, -0.2) is 4.39 Å². The fraction of sp³-hybridized carbons (Fsp3) is 0.167. The Morgan fingerprint density at radius 1 is 1.18 bits per heavy atom. The van der Waals surface area contributed by atoms with Gasteiger partial charge >= 0.3 is 0 Å². The Morgan fingerprint density at radius 3 is 2.82 bits per heavy atom. The Kier molecular flexibility index (Phi) is 3.92. The first kappa shape index (κ1) is 14.3.